The largest absolute Gasteiger partial charge is 0.493 e. The van der Waals surface area contributed by atoms with Gasteiger partial charge in [-0.15, -0.1) is 0 Å². The summed E-state index contributed by atoms with van der Waals surface area (Å²) in [5, 5.41) is 3.83. The SMILES string of the molecule is CCCNC(c1cccc2c1OCC2)C1CCCC(C)C1. The second kappa shape index (κ2) is 6.83. The number of hydrogen-bond donors (Lipinski definition) is 1. The number of rotatable bonds is 5. The summed E-state index contributed by atoms with van der Waals surface area (Å²) in [7, 11) is 0. The standard InChI is InChI=1S/C19H29NO/c1-3-11-20-18(16-8-4-6-14(2)13-16)17-9-5-7-15-10-12-21-19(15)17/h5,7,9,14,16,18,20H,3-4,6,8,10-13H2,1-2H3. The van der Waals surface area contributed by atoms with E-state index in [1.807, 2.05) is 0 Å². The van der Waals surface area contributed by atoms with Gasteiger partial charge in [-0.05, 0) is 43.2 Å². The summed E-state index contributed by atoms with van der Waals surface area (Å²) in [5.74, 6) is 2.81. The van der Waals surface area contributed by atoms with Gasteiger partial charge in [0.1, 0.15) is 5.75 Å². The highest BCUT2D eigenvalue weighted by atomic mass is 16.5. The van der Waals surface area contributed by atoms with Crippen molar-refractivity contribution >= 4 is 0 Å². The fourth-order valence-electron chi connectivity index (χ4n) is 4.10. The predicted molar refractivity (Wildman–Crippen MR) is 87.8 cm³/mol. The lowest BCUT2D eigenvalue weighted by atomic mass is 9.76. The third kappa shape index (κ3) is 3.26. The summed E-state index contributed by atoms with van der Waals surface area (Å²) in [5.41, 5.74) is 2.82. The maximum absolute atomic E-state index is 5.97. The van der Waals surface area contributed by atoms with Gasteiger partial charge in [0.15, 0.2) is 0 Å². The molecule has 3 rings (SSSR count). The summed E-state index contributed by atoms with van der Waals surface area (Å²) in [4.78, 5) is 0. The Morgan fingerprint density at radius 1 is 1.33 bits per heavy atom. The Bertz CT molecular complexity index is 471. The molecule has 2 aliphatic rings. The van der Waals surface area contributed by atoms with E-state index in [0.717, 1.165) is 31.4 Å². The topological polar surface area (TPSA) is 21.3 Å². The molecule has 1 N–H and O–H groups in total. The van der Waals surface area contributed by atoms with E-state index in [0.29, 0.717) is 6.04 Å². The van der Waals surface area contributed by atoms with E-state index in [1.54, 1.807) is 0 Å². The molecule has 2 heteroatoms. The van der Waals surface area contributed by atoms with Crippen LogP contribution in [0.25, 0.3) is 0 Å². The van der Waals surface area contributed by atoms with E-state index in [9.17, 15) is 0 Å². The van der Waals surface area contributed by atoms with Gasteiger partial charge in [-0.3, -0.25) is 0 Å². The van der Waals surface area contributed by atoms with Crippen LogP contribution in [0.1, 0.15) is 63.1 Å². The number of para-hydroxylation sites is 1. The van der Waals surface area contributed by atoms with Crippen molar-refractivity contribution in [1.29, 1.82) is 0 Å². The van der Waals surface area contributed by atoms with Crippen LogP contribution in [0.3, 0.4) is 0 Å². The molecule has 21 heavy (non-hydrogen) atoms. The van der Waals surface area contributed by atoms with Crippen LogP contribution in [0.4, 0.5) is 0 Å². The first-order valence-corrected chi connectivity index (χ1v) is 8.77. The summed E-state index contributed by atoms with van der Waals surface area (Å²) in [6, 6.07) is 7.21. The third-order valence-corrected chi connectivity index (χ3v) is 5.14. The number of nitrogens with one attached hydrogen (secondary N) is 1. The van der Waals surface area contributed by atoms with Gasteiger partial charge in [-0.2, -0.15) is 0 Å². The lowest BCUT2D eigenvalue weighted by Gasteiger charge is -2.35. The molecule has 3 atom stereocenters. The van der Waals surface area contributed by atoms with Crippen LogP contribution in [0.2, 0.25) is 0 Å². The van der Waals surface area contributed by atoms with Gasteiger partial charge in [0.25, 0.3) is 0 Å². The van der Waals surface area contributed by atoms with Crippen molar-refractivity contribution in [2.75, 3.05) is 13.2 Å². The Morgan fingerprint density at radius 2 is 2.24 bits per heavy atom. The first-order valence-electron chi connectivity index (χ1n) is 8.77. The Balaban J connectivity index is 1.86. The van der Waals surface area contributed by atoms with E-state index in [4.69, 9.17) is 4.74 Å². The molecule has 0 spiro atoms. The minimum atomic E-state index is 0.473. The molecule has 1 heterocycles. The molecule has 1 fully saturated rings. The highest BCUT2D eigenvalue weighted by molar-refractivity contribution is 5.46. The van der Waals surface area contributed by atoms with Crippen molar-refractivity contribution in [1.82, 2.24) is 5.32 Å². The summed E-state index contributed by atoms with van der Waals surface area (Å²) < 4.78 is 5.97. The molecule has 1 aromatic carbocycles. The van der Waals surface area contributed by atoms with Gasteiger partial charge in [0.05, 0.1) is 6.61 Å². The van der Waals surface area contributed by atoms with E-state index < -0.39 is 0 Å². The molecule has 0 amide bonds. The molecule has 1 aliphatic heterocycles. The zero-order chi connectivity index (χ0) is 14.7. The summed E-state index contributed by atoms with van der Waals surface area (Å²) in [6.07, 6.45) is 7.76. The van der Waals surface area contributed by atoms with Gasteiger partial charge in [-0.25, -0.2) is 0 Å². The summed E-state index contributed by atoms with van der Waals surface area (Å²) in [6.45, 7) is 6.61. The summed E-state index contributed by atoms with van der Waals surface area (Å²) >= 11 is 0. The number of hydrogen-bond acceptors (Lipinski definition) is 2. The fourth-order valence-corrected chi connectivity index (χ4v) is 4.10. The number of benzene rings is 1. The van der Waals surface area contributed by atoms with Crippen molar-refractivity contribution in [3.63, 3.8) is 0 Å². The average molecular weight is 287 g/mol. The smallest absolute Gasteiger partial charge is 0.127 e. The quantitative estimate of drug-likeness (QED) is 0.861. The van der Waals surface area contributed by atoms with Gasteiger partial charge in [0.2, 0.25) is 0 Å². The molecule has 3 unspecified atom stereocenters. The highest BCUT2D eigenvalue weighted by Crippen LogP contribution is 2.42. The minimum Gasteiger partial charge on any atom is -0.493 e. The molecule has 116 valence electrons. The molecule has 0 bridgehead atoms. The second-order valence-electron chi connectivity index (χ2n) is 6.90. The molecule has 0 saturated heterocycles. The Hall–Kier alpha value is -1.02. The van der Waals surface area contributed by atoms with E-state index in [-0.39, 0.29) is 0 Å². The van der Waals surface area contributed by atoms with Gasteiger partial charge in [-0.1, -0.05) is 44.9 Å². The zero-order valence-electron chi connectivity index (χ0n) is 13.5. The van der Waals surface area contributed by atoms with Crippen molar-refractivity contribution in [3.05, 3.63) is 29.3 Å². The lowest BCUT2D eigenvalue weighted by Crippen LogP contribution is -2.32. The zero-order valence-corrected chi connectivity index (χ0v) is 13.5. The maximum Gasteiger partial charge on any atom is 0.127 e. The second-order valence-corrected chi connectivity index (χ2v) is 6.90. The van der Waals surface area contributed by atoms with Crippen LogP contribution in [-0.2, 0) is 6.42 Å². The van der Waals surface area contributed by atoms with Crippen molar-refractivity contribution in [2.24, 2.45) is 11.8 Å². The maximum atomic E-state index is 5.97. The van der Waals surface area contributed by atoms with Crippen molar-refractivity contribution in [2.45, 2.75) is 58.4 Å². The third-order valence-electron chi connectivity index (χ3n) is 5.14. The molecule has 1 saturated carbocycles. The van der Waals surface area contributed by atoms with Crippen LogP contribution >= 0.6 is 0 Å². The Morgan fingerprint density at radius 3 is 3.05 bits per heavy atom. The van der Waals surface area contributed by atoms with Gasteiger partial charge >= 0.3 is 0 Å². The molecule has 1 aliphatic carbocycles. The van der Waals surface area contributed by atoms with Crippen LogP contribution < -0.4 is 10.1 Å². The molecule has 2 nitrogen and oxygen atoms in total. The number of fused-ring (bicyclic) bond motifs is 1. The first kappa shape index (κ1) is 14.9. The molecule has 1 aromatic rings. The predicted octanol–water partition coefficient (Wildman–Crippen LogP) is 4.49. The Labute approximate surface area is 129 Å². The van der Waals surface area contributed by atoms with Crippen molar-refractivity contribution in [3.8, 4) is 5.75 Å². The first-order chi connectivity index (χ1) is 10.3. The Kier molecular flexibility index (Phi) is 4.84. The average Bonchev–Trinajstić information content (AvgIpc) is 2.97. The fraction of sp³-hybridized carbons (Fsp3) is 0.684. The van der Waals surface area contributed by atoms with Crippen LogP contribution in [0.5, 0.6) is 5.75 Å². The van der Waals surface area contributed by atoms with Gasteiger partial charge < -0.3 is 10.1 Å². The van der Waals surface area contributed by atoms with Gasteiger partial charge in [0, 0.05) is 18.0 Å². The normalized spacial score (nSPS) is 26.2. The van der Waals surface area contributed by atoms with Crippen molar-refractivity contribution < 1.29 is 4.74 Å². The van der Waals surface area contributed by atoms with E-state index in [1.165, 1.54) is 49.0 Å². The van der Waals surface area contributed by atoms with E-state index in [2.05, 4.69) is 37.4 Å². The van der Waals surface area contributed by atoms with Crippen LogP contribution in [-0.4, -0.2) is 13.2 Å². The minimum absolute atomic E-state index is 0.473. The molecule has 0 aromatic heterocycles. The highest BCUT2D eigenvalue weighted by Gasteiger charge is 2.30. The number of ether oxygens (including phenoxy) is 1. The lowest BCUT2D eigenvalue weighted by molar-refractivity contribution is 0.220. The van der Waals surface area contributed by atoms with Crippen LogP contribution in [0, 0.1) is 11.8 Å². The van der Waals surface area contributed by atoms with Crippen LogP contribution in [0.15, 0.2) is 18.2 Å². The molecular formula is C19H29NO. The molecule has 0 radical (unpaired) electrons. The van der Waals surface area contributed by atoms with E-state index >= 15 is 0 Å². The monoisotopic (exact) mass is 287 g/mol. The molecular weight excluding hydrogens is 258 g/mol.